The highest BCUT2D eigenvalue weighted by Crippen LogP contribution is 2.42. The maximum absolute atomic E-state index is 13.5. The fourth-order valence-corrected chi connectivity index (χ4v) is 7.59. The number of hydrogen-bond acceptors (Lipinski definition) is 6. The van der Waals surface area contributed by atoms with E-state index in [-0.39, 0.29) is 24.3 Å². The molecule has 0 aromatic heterocycles. The molecule has 2 aromatic carbocycles. The predicted molar refractivity (Wildman–Crippen MR) is 165 cm³/mol. The molecule has 0 bridgehead atoms. The van der Waals surface area contributed by atoms with E-state index in [0.29, 0.717) is 22.4 Å². The van der Waals surface area contributed by atoms with Crippen LogP contribution in [0.1, 0.15) is 91.5 Å². The van der Waals surface area contributed by atoms with E-state index in [2.05, 4.69) is 41.1 Å². The number of nitrogens with one attached hydrogen (secondary N) is 1. The van der Waals surface area contributed by atoms with Crippen molar-refractivity contribution in [2.45, 2.75) is 77.8 Å². The number of carbonyl (C=O) groups is 5. The van der Waals surface area contributed by atoms with Crippen molar-refractivity contribution in [1.82, 2.24) is 20.0 Å². The molecule has 5 amide bonds. The van der Waals surface area contributed by atoms with Crippen LogP contribution in [0.15, 0.2) is 42.5 Å². The van der Waals surface area contributed by atoms with E-state index in [4.69, 9.17) is 0 Å². The number of benzene rings is 2. The second-order valence-electron chi connectivity index (χ2n) is 13.0. The predicted octanol–water partition coefficient (Wildman–Crippen LogP) is 4.40. The molecule has 44 heavy (non-hydrogen) atoms. The van der Waals surface area contributed by atoms with Crippen molar-refractivity contribution in [2.24, 2.45) is 11.3 Å². The lowest BCUT2D eigenvalue weighted by Gasteiger charge is -2.47. The van der Waals surface area contributed by atoms with Crippen molar-refractivity contribution in [3.05, 3.63) is 59.2 Å². The van der Waals surface area contributed by atoms with Gasteiger partial charge in [-0.15, -0.1) is 0 Å². The fourth-order valence-electron chi connectivity index (χ4n) is 7.59. The topological polar surface area (TPSA) is 107 Å². The van der Waals surface area contributed by atoms with Crippen LogP contribution in [0.4, 0.5) is 0 Å². The minimum atomic E-state index is -0.983. The Bertz CT molecular complexity index is 1460. The lowest BCUT2D eigenvalue weighted by molar-refractivity contribution is -0.139. The van der Waals surface area contributed by atoms with Crippen molar-refractivity contribution >= 4 is 29.5 Å². The first-order valence-electron chi connectivity index (χ1n) is 16.2. The molecule has 1 N–H and O–H groups in total. The molecule has 9 heteroatoms. The number of hydrogen-bond donors (Lipinski definition) is 1. The van der Waals surface area contributed by atoms with Gasteiger partial charge in [-0.1, -0.05) is 50.2 Å². The second kappa shape index (κ2) is 12.3. The molecule has 0 saturated carbocycles. The van der Waals surface area contributed by atoms with Crippen molar-refractivity contribution in [1.29, 1.82) is 0 Å². The maximum atomic E-state index is 13.5. The highest BCUT2D eigenvalue weighted by molar-refractivity contribution is 6.25. The summed E-state index contributed by atoms with van der Waals surface area (Å²) in [6, 6.07) is 12.4. The van der Waals surface area contributed by atoms with Gasteiger partial charge in [0.15, 0.2) is 0 Å². The van der Waals surface area contributed by atoms with Crippen LogP contribution in [0.25, 0.3) is 11.1 Å². The maximum Gasteiger partial charge on any atom is 0.262 e. The summed E-state index contributed by atoms with van der Waals surface area (Å²) in [5.41, 5.74) is 3.64. The molecule has 0 radical (unpaired) electrons. The monoisotopic (exact) mass is 598 g/mol. The van der Waals surface area contributed by atoms with Crippen molar-refractivity contribution < 1.29 is 24.0 Å². The molecule has 1 unspecified atom stereocenters. The molecule has 1 spiro atoms. The quantitative estimate of drug-likeness (QED) is 0.474. The SMILES string of the molecule is CCC(CC)C(=O)N1CCC2(CCN(Cc3ccc(-c4cccc5c4C(=O)N(C4CCC(=O)NC4=O)C5=O)cc3)CC2)CC1. The van der Waals surface area contributed by atoms with Gasteiger partial charge in [0.05, 0.1) is 11.1 Å². The number of piperidine rings is 3. The van der Waals surface area contributed by atoms with Crippen LogP contribution in [-0.2, 0) is 20.9 Å². The molecular formula is C35H42N4O5. The third-order valence-corrected chi connectivity index (χ3v) is 10.5. The molecule has 232 valence electrons. The van der Waals surface area contributed by atoms with Gasteiger partial charge in [0, 0.05) is 32.0 Å². The van der Waals surface area contributed by atoms with Gasteiger partial charge >= 0.3 is 0 Å². The van der Waals surface area contributed by atoms with Crippen LogP contribution in [0.3, 0.4) is 0 Å². The second-order valence-corrected chi connectivity index (χ2v) is 13.0. The van der Waals surface area contributed by atoms with Gasteiger partial charge < -0.3 is 4.90 Å². The molecule has 4 aliphatic heterocycles. The first-order chi connectivity index (χ1) is 21.2. The summed E-state index contributed by atoms with van der Waals surface area (Å²) >= 11 is 0. The van der Waals surface area contributed by atoms with Crippen LogP contribution in [-0.4, -0.2) is 76.5 Å². The van der Waals surface area contributed by atoms with E-state index in [1.54, 1.807) is 12.1 Å². The number of amides is 5. The number of carbonyl (C=O) groups excluding carboxylic acids is 5. The summed E-state index contributed by atoms with van der Waals surface area (Å²) in [6.45, 7) is 8.93. The Hall–Kier alpha value is -3.85. The van der Waals surface area contributed by atoms with E-state index in [0.717, 1.165) is 81.7 Å². The zero-order valence-corrected chi connectivity index (χ0v) is 25.8. The van der Waals surface area contributed by atoms with Gasteiger partial charge in [-0.05, 0) is 86.2 Å². The lowest BCUT2D eigenvalue weighted by atomic mass is 9.71. The summed E-state index contributed by atoms with van der Waals surface area (Å²) in [4.78, 5) is 69.3. The van der Waals surface area contributed by atoms with E-state index < -0.39 is 29.7 Å². The van der Waals surface area contributed by atoms with Crippen LogP contribution in [0.5, 0.6) is 0 Å². The average molecular weight is 599 g/mol. The molecular weight excluding hydrogens is 556 g/mol. The third-order valence-electron chi connectivity index (χ3n) is 10.5. The van der Waals surface area contributed by atoms with Gasteiger partial charge in [0.1, 0.15) is 6.04 Å². The Morgan fingerprint density at radius 2 is 1.50 bits per heavy atom. The first kappa shape index (κ1) is 30.2. The standard InChI is InChI=1S/C35H42N4O5/c1-3-24(4-2)32(42)38-20-16-35(17-21-38)14-18-37(19-15-35)22-23-8-10-25(11-9-23)26-6-5-7-27-30(26)34(44)39(33(27)43)28-12-13-29(40)36-31(28)41/h5-11,24,28H,3-4,12-22H2,1-2H3,(H,36,40,41). The number of rotatable bonds is 7. The number of nitrogens with zero attached hydrogens (tertiary/aromatic N) is 3. The van der Waals surface area contributed by atoms with E-state index in [1.165, 1.54) is 5.56 Å². The molecule has 4 aliphatic rings. The van der Waals surface area contributed by atoms with E-state index in [9.17, 15) is 24.0 Å². The molecule has 3 fully saturated rings. The molecule has 3 saturated heterocycles. The summed E-state index contributed by atoms with van der Waals surface area (Å²) < 4.78 is 0. The zero-order valence-electron chi connectivity index (χ0n) is 25.8. The largest absolute Gasteiger partial charge is 0.342 e. The third kappa shape index (κ3) is 5.58. The molecule has 2 aromatic rings. The Morgan fingerprint density at radius 3 is 2.14 bits per heavy atom. The summed E-state index contributed by atoms with van der Waals surface area (Å²) in [6.07, 6.45) is 6.59. The van der Waals surface area contributed by atoms with Crippen molar-refractivity contribution in [2.75, 3.05) is 26.2 Å². The van der Waals surface area contributed by atoms with Crippen molar-refractivity contribution in [3.8, 4) is 11.1 Å². The number of likely N-dealkylation sites (tertiary alicyclic amines) is 2. The smallest absolute Gasteiger partial charge is 0.262 e. The van der Waals surface area contributed by atoms with E-state index >= 15 is 0 Å². The van der Waals surface area contributed by atoms with E-state index in [1.807, 2.05) is 18.2 Å². The Balaban J connectivity index is 1.07. The van der Waals surface area contributed by atoms with Gasteiger partial charge in [0.25, 0.3) is 11.8 Å². The molecule has 6 rings (SSSR count). The molecule has 4 heterocycles. The Morgan fingerprint density at radius 1 is 0.864 bits per heavy atom. The normalized spacial score (nSPS) is 22.1. The first-order valence-corrected chi connectivity index (χ1v) is 16.2. The molecule has 9 nitrogen and oxygen atoms in total. The molecule has 1 atom stereocenters. The van der Waals surface area contributed by atoms with Crippen LogP contribution >= 0.6 is 0 Å². The minimum Gasteiger partial charge on any atom is -0.342 e. The van der Waals surface area contributed by atoms with Crippen LogP contribution < -0.4 is 5.32 Å². The van der Waals surface area contributed by atoms with Gasteiger partial charge in [-0.2, -0.15) is 0 Å². The number of fused-ring (bicyclic) bond motifs is 1. The summed E-state index contributed by atoms with van der Waals surface area (Å²) in [5, 5.41) is 2.25. The zero-order chi connectivity index (χ0) is 31.0. The highest BCUT2D eigenvalue weighted by Gasteiger charge is 2.45. The van der Waals surface area contributed by atoms with Crippen LogP contribution in [0.2, 0.25) is 0 Å². The van der Waals surface area contributed by atoms with Crippen LogP contribution in [0, 0.1) is 11.3 Å². The highest BCUT2D eigenvalue weighted by atomic mass is 16.2. The lowest BCUT2D eigenvalue weighted by Crippen LogP contribution is -2.54. The van der Waals surface area contributed by atoms with Gasteiger partial charge in [0.2, 0.25) is 17.7 Å². The Kier molecular flexibility index (Phi) is 8.42. The van der Waals surface area contributed by atoms with Crippen molar-refractivity contribution in [3.63, 3.8) is 0 Å². The summed E-state index contributed by atoms with van der Waals surface area (Å²) in [7, 11) is 0. The Labute approximate surface area is 258 Å². The minimum absolute atomic E-state index is 0.0915. The summed E-state index contributed by atoms with van der Waals surface area (Å²) in [5.74, 6) is -1.48. The van der Waals surface area contributed by atoms with Gasteiger partial charge in [-0.25, -0.2) is 0 Å². The fraction of sp³-hybridized carbons (Fsp3) is 0.514. The average Bonchev–Trinajstić information content (AvgIpc) is 3.29. The van der Waals surface area contributed by atoms with Gasteiger partial charge in [-0.3, -0.25) is 39.1 Å². The number of imide groups is 2. The molecule has 0 aliphatic carbocycles.